The van der Waals surface area contributed by atoms with Gasteiger partial charge in [0.05, 0.1) is 25.1 Å². The van der Waals surface area contributed by atoms with Gasteiger partial charge in [-0.3, -0.25) is 9.69 Å². The average Bonchev–Trinajstić information content (AvgIpc) is 2.39. The number of benzene rings is 1. The number of ether oxygens (including phenoxy) is 1. The van der Waals surface area contributed by atoms with Crippen LogP contribution in [0.5, 0.6) is 5.75 Å². The summed E-state index contributed by atoms with van der Waals surface area (Å²) < 4.78 is 5.33. The fourth-order valence-corrected chi connectivity index (χ4v) is 1.81. The molecule has 0 bridgehead atoms. The summed E-state index contributed by atoms with van der Waals surface area (Å²) in [4.78, 5) is 13.9. The maximum absolute atomic E-state index is 12.0. The van der Waals surface area contributed by atoms with Crippen LogP contribution >= 0.6 is 0 Å². The van der Waals surface area contributed by atoms with Crippen molar-refractivity contribution in [1.82, 2.24) is 4.90 Å². The van der Waals surface area contributed by atoms with Gasteiger partial charge in [-0.2, -0.15) is 5.26 Å². The van der Waals surface area contributed by atoms with E-state index in [0.29, 0.717) is 25.3 Å². The second-order valence-corrected chi connectivity index (χ2v) is 4.61. The molecule has 0 aliphatic heterocycles. The molecule has 4 nitrogen and oxygen atoms in total. The van der Waals surface area contributed by atoms with Gasteiger partial charge in [-0.05, 0) is 45.2 Å². The largest absolute Gasteiger partial charge is 0.494 e. The third kappa shape index (κ3) is 5.11. The number of likely N-dealkylation sites (N-methyl/N-ethyl adjacent to an activating group) is 1. The Bertz CT molecular complexity index is 448. The highest BCUT2D eigenvalue weighted by atomic mass is 16.5. The van der Waals surface area contributed by atoms with Gasteiger partial charge in [0.25, 0.3) is 0 Å². The number of hydrogen-bond acceptors (Lipinski definition) is 4. The number of Topliss-reactive ketones (excluding diaryl/α,β-unsaturated/α-hetero) is 1. The van der Waals surface area contributed by atoms with Crippen molar-refractivity contribution in [2.75, 3.05) is 26.7 Å². The van der Waals surface area contributed by atoms with E-state index in [1.165, 1.54) is 0 Å². The zero-order chi connectivity index (χ0) is 14.3. The molecule has 1 atom stereocenters. The van der Waals surface area contributed by atoms with Crippen LogP contribution in [0.2, 0.25) is 0 Å². The molecule has 0 aromatic heterocycles. The van der Waals surface area contributed by atoms with Crippen molar-refractivity contribution in [3.63, 3.8) is 0 Å². The minimum absolute atomic E-state index is 0.0516. The number of nitriles is 1. The monoisotopic (exact) mass is 260 g/mol. The number of nitrogens with zero attached hydrogens (tertiary/aromatic N) is 2. The molecule has 0 aliphatic rings. The van der Waals surface area contributed by atoms with Crippen LogP contribution in [-0.4, -0.2) is 37.4 Å². The molecule has 102 valence electrons. The molecule has 4 heteroatoms. The molecule has 1 rings (SSSR count). The van der Waals surface area contributed by atoms with Crippen LogP contribution in [0.15, 0.2) is 24.3 Å². The van der Waals surface area contributed by atoms with Crippen LogP contribution in [0.4, 0.5) is 0 Å². The normalized spacial score (nSPS) is 11.9. The van der Waals surface area contributed by atoms with Crippen molar-refractivity contribution in [1.29, 1.82) is 5.26 Å². The van der Waals surface area contributed by atoms with Gasteiger partial charge in [0.15, 0.2) is 5.78 Å². The molecule has 0 saturated carbocycles. The van der Waals surface area contributed by atoms with Crippen molar-refractivity contribution < 1.29 is 9.53 Å². The molecule has 1 aromatic rings. The maximum Gasteiger partial charge on any atom is 0.176 e. The molecular weight excluding hydrogens is 240 g/mol. The van der Waals surface area contributed by atoms with Gasteiger partial charge in [-0.15, -0.1) is 0 Å². The molecule has 0 spiro atoms. The van der Waals surface area contributed by atoms with E-state index >= 15 is 0 Å². The average molecular weight is 260 g/mol. The Labute approximate surface area is 114 Å². The number of carbonyl (C=O) groups is 1. The lowest BCUT2D eigenvalue weighted by molar-refractivity contribution is 0.0942. The molecule has 0 radical (unpaired) electrons. The summed E-state index contributed by atoms with van der Waals surface area (Å²) in [5.41, 5.74) is 0.667. The van der Waals surface area contributed by atoms with Gasteiger partial charge in [0.2, 0.25) is 0 Å². The lowest BCUT2D eigenvalue weighted by Gasteiger charge is -2.16. The first kappa shape index (κ1) is 15.2. The van der Waals surface area contributed by atoms with E-state index in [2.05, 4.69) is 6.07 Å². The number of carbonyl (C=O) groups excluding carboxylic acids is 1. The minimum atomic E-state index is -0.0712. The molecule has 1 unspecified atom stereocenters. The number of ketones is 1. The Morgan fingerprint density at radius 1 is 1.42 bits per heavy atom. The van der Waals surface area contributed by atoms with Crippen LogP contribution in [0.1, 0.15) is 24.2 Å². The van der Waals surface area contributed by atoms with Crippen LogP contribution in [0.25, 0.3) is 0 Å². The highest BCUT2D eigenvalue weighted by Gasteiger charge is 2.11. The van der Waals surface area contributed by atoms with E-state index in [1.807, 2.05) is 25.8 Å². The van der Waals surface area contributed by atoms with Gasteiger partial charge in [0.1, 0.15) is 5.75 Å². The standard InChI is InChI=1S/C15H20N2O2/c1-4-19-14-7-5-13(6-8-14)15(18)11-17(3)10-12(2)9-16/h5-8,12H,4,10-11H2,1-3H3. The van der Waals surface area contributed by atoms with Gasteiger partial charge < -0.3 is 4.74 Å². The molecular formula is C15H20N2O2. The molecule has 19 heavy (non-hydrogen) atoms. The summed E-state index contributed by atoms with van der Waals surface area (Å²) in [6, 6.07) is 9.31. The lowest BCUT2D eigenvalue weighted by Crippen LogP contribution is -2.29. The third-order valence-electron chi connectivity index (χ3n) is 2.71. The zero-order valence-corrected chi connectivity index (χ0v) is 11.7. The Kier molecular flexibility index (Phi) is 6.04. The molecule has 0 saturated heterocycles. The van der Waals surface area contributed by atoms with Gasteiger partial charge in [0, 0.05) is 12.1 Å². The summed E-state index contributed by atoms with van der Waals surface area (Å²) in [5, 5.41) is 8.74. The fraction of sp³-hybridized carbons (Fsp3) is 0.467. The predicted molar refractivity (Wildman–Crippen MR) is 74.2 cm³/mol. The summed E-state index contributed by atoms with van der Waals surface area (Å²) >= 11 is 0. The van der Waals surface area contributed by atoms with E-state index in [1.54, 1.807) is 24.3 Å². The van der Waals surface area contributed by atoms with Crippen molar-refractivity contribution in [3.8, 4) is 11.8 Å². The van der Waals surface area contributed by atoms with Crippen LogP contribution in [-0.2, 0) is 0 Å². The quantitative estimate of drug-likeness (QED) is 0.706. The zero-order valence-electron chi connectivity index (χ0n) is 11.7. The Morgan fingerprint density at radius 3 is 2.58 bits per heavy atom. The Morgan fingerprint density at radius 2 is 2.05 bits per heavy atom. The molecule has 0 N–H and O–H groups in total. The van der Waals surface area contributed by atoms with Crippen LogP contribution in [0, 0.1) is 17.2 Å². The van der Waals surface area contributed by atoms with Crippen molar-refractivity contribution in [2.45, 2.75) is 13.8 Å². The number of rotatable bonds is 7. The van der Waals surface area contributed by atoms with Crippen molar-refractivity contribution in [2.24, 2.45) is 5.92 Å². The predicted octanol–water partition coefficient (Wildman–Crippen LogP) is 2.36. The van der Waals surface area contributed by atoms with Gasteiger partial charge in [-0.1, -0.05) is 0 Å². The fourth-order valence-electron chi connectivity index (χ4n) is 1.81. The third-order valence-corrected chi connectivity index (χ3v) is 2.71. The topological polar surface area (TPSA) is 53.3 Å². The molecule has 0 heterocycles. The van der Waals surface area contributed by atoms with E-state index in [9.17, 15) is 4.79 Å². The van der Waals surface area contributed by atoms with Crippen molar-refractivity contribution in [3.05, 3.63) is 29.8 Å². The first-order valence-electron chi connectivity index (χ1n) is 6.41. The lowest BCUT2D eigenvalue weighted by atomic mass is 10.1. The smallest absolute Gasteiger partial charge is 0.176 e. The summed E-state index contributed by atoms with van der Waals surface area (Å²) in [6.45, 7) is 5.30. The van der Waals surface area contributed by atoms with Crippen molar-refractivity contribution >= 4 is 5.78 Å². The molecule has 0 amide bonds. The highest BCUT2D eigenvalue weighted by Crippen LogP contribution is 2.12. The molecule has 0 fully saturated rings. The summed E-state index contributed by atoms with van der Waals surface area (Å²) in [5.74, 6) is 0.749. The van der Waals surface area contributed by atoms with Crippen LogP contribution in [0.3, 0.4) is 0 Å². The first-order chi connectivity index (χ1) is 9.06. The van der Waals surface area contributed by atoms with E-state index in [0.717, 1.165) is 5.75 Å². The minimum Gasteiger partial charge on any atom is -0.494 e. The van der Waals surface area contributed by atoms with E-state index < -0.39 is 0 Å². The van der Waals surface area contributed by atoms with Gasteiger partial charge >= 0.3 is 0 Å². The second kappa shape index (κ2) is 7.55. The van der Waals surface area contributed by atoms with Gasteiger partial charge in [-0.25, -0.2) is 0 Å². The maximum atomic E-state index is 12.0. The number of hydrogen-bond donors (Lipinski definition) is 0. The molecule has 0 aliphatic carbocycles. The van der Waals surface area contributed by atoms with Crippen LogP contribution < -0.4 is 4.74 Å². The molecule has 1 aromatic carbocycles. The highest BCUT2D eigenvalue weighted by molar-refractivity contribution is 5.97. The Hall–Kier alpha value is -1.86. The summed E-state index contributed by atoms with van der Waals surface area (Å²) in [7, 11) is 1.85. The van der Waals surface area contributed by atoms with E-state index in [4.69, 9.17) is 10.00 Å². The SMILES string of the molecule is CCOc1ccc(C(=O)CN(C)CC(C)C#N)cc1. The van der Waals surface area contributed by atoms with E-state index in [-0.39, 0.29) is 11.7 Å². The first-order valence-corrected chi connectivity index (χ1v) is 6.41. The Balaban J connectivity index is 2.56. The second-order valence-electron chi connectivity index (χ2n) is 4.61. The summed E-state index contributed by atoms with van der Waals surface area (Å²) in [6.07, 6.45) is 0.